The molecule has 0 bridgehead atoms. The highest BCUT2D eigenvalue weighted by molar-refractivity contribution is 5.96. The summed E-state index contributed by atoms with van der Waals surface area (Å²) in [5.41, 5.74) is 0. The van der Waals surface area contributed by atoms with Crippen LogP contribution in [0.25, 0.3) is 0 Å². The van der Waals surface area contributed by atoms with Crippen LogP contribution in [0.2, 0.25) is 0 Å². The van der Waals surface area contributed by atoms with Crippen molar-refractivity contribution < 1.29 is 22.8 Å². The molecule has 2 amide bonds. The molecule has 18 heavy (non-hydrogen) atoms. The minimum absolute atomic E-state index is 0.0331. The standard InChI is InChI=1S/C11H17F3N2O2/c1-3-8-9(17)15-7(2)10(18)16(8)6-4-5-11(12,13)14/h7-8H,3-6H2,1-2H3,(H,15,17). The number of amides is 2. The van der Waals surface area contributed by atoms with Crippen LogP contribution >= 0.6 is 0 Å². The van der Waals surface area contributed by atoms with Gasteiger partial charge < -0.3 is 10.2 Å². The van der Waals surface area contributed by atoms with E-state index in [1.807, 2.05) is 0 Å². The summed E-state index contributed by atoms with van der Waals surface area (Å²) in [4.78, 5) is 24.7. The minimum atomic E-state index is -4.23. The Labute approximate surface area is 104 Å². The lowest BCUT2D eigenvalue weighted by Crippen LogP contribution is -2.62. The van der Waals surface area contributed by atoms with E-state index in [0.29, 0.717) is 6.42 Å². The molecule has 0 aromatic carbocycles. The number of halogens is 3. The lowest BCUT2D eigenvalue weighted by atomic mass is 10.1. The molecule has 0 saturated carbocycles. The molecule has 1 saturated heterocycles. The summed E-state index contributed by atoms with van der Waals surface area (Å²) < 4.78 is 36.2. The zero-order valence-electron chi connectivity index (χ0n) is 10.4. The predicted octanol–water partition coefficient (Wildman–Crippen LogP) is 1.45. The zero-order chi connectivity index (χ0) is 13.9. The van der Waals surface area contributed by atoms with Gasteiger partial charge in [0.1, 0.15) is 12.1 Å². The molecular weight excluding hydrogens is 249 g/mol. The van der Waals surface area contributed by atoms with E-state index in [2.05, 4.69) is 5.32 Å². The molecule has 2 atom stereocenters. The number of nitrogens with zero attached hydrogens (tertiary/aromatic N) is 1. The Morgan fingerprint density at radius 3 is 2.44 bits per heavy atom. The fourth-order valence-corrected chi connectivity index (χ4v) is 2.04. The molecule has 2 unspecified atom stereocenters. The molecule has 0 aromatic rings. The van der Waals surface area contributed by atoms with Crippen molar-refractivity contribution >= 4 is 11.8 Å². The number of hydrogen-bond donors (Lipinski definition) is 1. The SMILES string of the molecule is CCC1C(=O)NC(C)C(=O)N1CCCC(F)(F)F. The summed E-state index contributed by atoms with van der Waals surface area (Å²) in [5, 5.41) is 2.51. The van der Waals surface area contributed by atoms with Crippen molar-refractivity contribution in [1.82, 2.24) is 10.2 Å². The molecule has 0 aliphatic carbocycles. The lowest BCUT2D eigenvalue weighted by molar-refractivity contribution is -0.151. The van der Waals surface area contributed by atoms with Gasteiger partial charge in [0.15, 0.2) is 0 Å². The van der Waals surface area contributed by atoms with Crippen LogP contribution in [0.4, 0.5) is 13.2 Å². The second kappa shape index (κ2) is 5.58. The number of hydrogen-bond acceptors (Lipinski definition) is 2. The third-order valence-electron chi connectivity index (χ3n) is 2.94. The third kappa shape index (κ3) is 3.61. The predicted molar refractivity (Wildman–Crippen MR) is 58.7 cm³/mol. The molecule has 0 radical (unpaired) electrons. The van der Waals surface area contributed by atoms with E-state index in [4.69, 9.17) is 0 Å². The molecule has 1 aliphatic rings. The number of carbonyl (C=O) groups excluding carboxylic acids is 2. The second-order valence-corrected chi connectivity index (χ2v) is 4.40. The van der Waals surface area contributed by atoms with Crippen molar-refractivity contribution in [3.05, 3.63) is 0 Å². The van der Waals surface area contributed by atoms with Crippen molar-refractivity contribution in [2.45, 2.75) is 51.4 Å². The van der Waals surface area contributed by atoms with Crippen molar-refractivity contribution in [2.75, 3.05) is 6.54 Å². The summed E-state index contributed by atoms with van der Waals surface area (Å²) in [6.45, 7) is 3.22. The molecule has 104 valence electrons. The van der Waals surface area contributed by atoms with Crippen molar-refractivity contribution in [2.24, 2.45) is 0 Å². The highest BCUT2D eigenvalue weighted by Gasteiger charge is 2.37. The molecule has 1 rings (SSSR count). The van der Waals surface area contributed by atoms with Crippen molar-refractivity contribution in [3.8, 4) is 0 Å². The van der Waals surface area contributed by atoms with Gasteiger partial charge in [0.05, 0.1) is 0 Å². The first-order valence-electron chi connectivity index (χ1n) is 5.94. The Morgan fingerprint density at radius 2 is 1.94 bits per heavy atom. The highest BCUT2D eigenvalue weighted by atomic mass is 19.4. The molecule has 7 heteroatoms. The Kier molecular flexibility index (Phi) is 4.59. The van der Waals surface area contributed by atoms with Gasteiger partial charge in [0.2, 0.25) is 11.8 Å². The van der Waals surface area contributed by atoms with Crippen molar-refractivity contribution in [3.63, 3.8) is 0 Å². The van der Waals surface area contributed by atoms with Crippen LogP contribution < -0.4 is 5.32 Å². The van der Waals surface area contributed by atoms with E-state index in [9.17, 15) is 22.8 Å². The normalized spacial score (nSPS) is 25.3. The molecule has 0 aromatic heterocycles. The maximum absolute atomic E-state index is 12.1. The molecule has 1 aliphatic heterocycles. The summed E-state index contributed by atoms with van der Waals surface area (Å²) in [6.07, 6.45) is -4.94. The van der Waals surface area contributed by atoms with Gasteiger partial charge in [-0.25, -0.2) is 0 Å². The van der Waals surface area contributed by atoms with E-state index < -0.39 is 24.7 Å². The minimum Gasteiger partial charge on any atom is -0.343 e. The van der Waals surface area contributed by atoms with Crippen LogP contribution in [-0.4, -0.2) is 41.5 Å². The number of alkyl halides is 3. The van der Waals surface area contributed by atoms with Crippen LogP contribution in [0.5, 0.6) is 0 Å². The largest absolute Gasteiger partial charge is 0.389 e. The third-order valence-corrected chi connectivity index (χ3v) is 2.94. The first-order chi connectivity index (χ1) is 8.26. The maximum Gasteiger partial charge on any atom is 0.389 e. The summed E-state index contributed by atoms with van der Waals surface area (Å²) in [7, 11) is 0. The van der Waals surface area contributed by atoms with Crippen LogP contribution in [0.15, 0.2) is 0 Å². The fourth-order valence-electron chi connectivity index (χ4n) is 2.04. The van der Waals surface area contributed by atoms with Gasteiger partial charge in [0, 0.05) is 13.0 Å². The van der Waals surface area contributed by atoms with E-state index in [1.54, 1.807) is 6.92 Å². The Balaban J connectivity index is 2.63. The zero-order valence-corrected chi connectivity index (χ0v) is 10.4. The summed E-state index contributed by atoms with van der Waals surface area (Å²) in [6, 6.07) is -1.31. The van der Waals surface area contributed by atoms with Gasteiger partial charge in [-0.3, -0.25) is 9.59 Å². The van der Waals surface area contributed by atoms with Gasteiger partial charge in [-0.15, -0.1) is 0 Å². The smallest absolute Gasteiger partial charge is 0.343 e. The van der Waals surface area contributed by atoms with E-state index in [-0.39, 0.29) is 24.8 Å². The van der Waals surface area contributed by atoms with Gasteiger partial charge in [0.25, 0.3) is 0 Å². The lowest BCUT2D eigenvalue weighted by Gasteiger charge is -2.37. The first-order valence-corrected chi connectivity index (χ1v) is 5.94. The van der Waals surface area contributed by atoms with Gasteiger partial charge >= 0.3 is 6.18 Å². The topological polar surface area (TPSA) is 49.4 Å². The number of piperazine rings is 1. The molecular formula is C11H17F3N2O2. The van der Waals surface area contributed by atoms with Gasteiger partial charge in [-0.05, 0) is 19.8 Å². The van der Waals surface area contributed by atoms with Crippen LogP contribution in [0.3, 0.4) is 0 Å². The fraction of sp³-hybridized carbons (Fsp3) is 0.818. The average molecular weight is 266 g/mol. The monoisotopic (exact) mass is 266 g/mol. The van der Waals surface area contributed by atoms with Gasteiger partial charge in [-0.1, -0.05) is 6.92 Å². The number of rotatable bonds is 4. The molecule has 4 nitrogen and oxygen atoms in total. The molecule has 1 heterocycles. The van der Waals surface area contributed by atoms with Crippen LogP contribution in [0.1, 0.15) is 33.1 Å². The van der Waals surface area contributed by atoms with E-state index in [1.165, 1.54) is 11.8 Å². The molecule has 1 fully saturated rings. The van der Waals surface area contributed by atoms with Gasteiger partial charge in [-0.2, -0.15) is 13.2 Å². The second-order valence-electron chi connectivity index (χ2n) is 4.40. The number of carbonyl (C=O) groups is 2. The average Bonchev–Trinajstić information content (AvgIpc) is 2.23. The number of nitrogens with one attached hydrogen (secondary N) is 1. The highest BCUT2D eigenvalue weighted by Crippen LogP contribution is 2.22. The quantitative estimate of drug-likeness (QED) is 0.837. The van der Waals surface area contributed by atoms with E-state index >= 15 is 0 Å². The van der Waals surface area contributed by atoms with Crippen LogP contribution in [0, 0.1) is 0 Å². The first kappa shape index (κ1) is 14.8. The van der Waals surface area contributed by atoms with Crippen LogP contribution in [-0.2, 0) is 9.59 Å². The maximum atomic E-state index is 12.1. The van der Waals surface area contributed by atoms with E-state index in [0.717, 1.165) is 0 Å². The summed E-state index contributed by atoms with van der Waals surface area (Å²) >= 11 is 0. The molecule has 0 spiro atoms. The Hall–Kier alpha value is -1.27. The molecule has 1 N–H and O–H groups in total. The van der Waals surface area contributed by atoms with Crippen molar-refractivity contribution in [1.29, 1.82) is 0 Å². The Morgan fingerprint density at radius 1 is 1.33 bits per heavy atom. The summed E-state index contributed by atoms with van der Waals surface area (Å²) in [5.74, 6) is -0.611. The Bertz CT molecular complexity index is 331.